The molecule has 0 aromatic heterocycles. The van der Waals surface area contributed by atoms with Gasteiger partial charge in [0.2, 0.25) is 0 Å². The van der Waals surface area contributed by atoms with Crippen molar-refractivity contribution in [1.29, 1.82) is 0 Å². The van der Waals surface area contributed by atoms with Crippen molar-refractivity contribution in [2.24, 2.45) is 22.1 Å². The van der Waals surface area contributed by atoms with Gasteiger partial charge in [-0.05, 0) is 35.3 Å². The number of nitrogens with one attached hydrogen (secondary N) is 1. The first kappa shape index (κ1) is 17.3. The second-order valence-electron chi connectivity index (χ2n) is 6.41. The SMILES string of the molecule is CC(C)CNC(N)=NCC1(C)Cc2ccccc2C1.I. The molecule has 0 spiro atoms. The number of hydrogen-bond acceptors (Lipinski definition) is 1. The Hall–Kier alpha value is -0.780. The van der Waals surface area contributed by atoms with Crippen molar-refractivity contribution in [2.75, 3.05) is 13.1 Å². The summed E-state index contributed by atoms with van der Waals surface area (Å²) in [5.41, 5.74) is 9.05. The van der Waals surface area contributed by atoms with E-state index in [1.165, 1.54) is 11.1 Å². The quantitative estimate of drug-likeness (QED) is 0.474. The van der Waals surface area contributed by atoms with Crippen LogP contribution in [0.2, 0.25) is 0 Å². The number of halogens is 1. The molecule has 0 fully saturated rings. The third-order valence-electron chi connectivity index (χ3n) is 3.68. The van der Waals surface area contributed by atoms with Gasteiger partial charge in [-0.15, -0.1) is 24.0 Å². The van der Waals surface area contributed by atoms with Gasteiger partial charge in [0.05, 0.1) is 0 Å². The van der Waals surface area contributed by atoms with E-state index in [0.29, 0.717) is 11.9 Å². The monoisotopic (exact) mass is 387 g/mol. The molecule has 0 unspecified atom stereocenters. The number of fused-ring (bicyclic) bond motifs is 1. The van der Waals surface area contributed by atoms with Crippen LogP contribution in [0.25, 0.3) is 0 Å². The third kappa shape index (κ3) is 4.65. The van der Waals surface area contributed by atoms with Gasteiger partial charge in [-0.1, -0.05) is 45.0 Å². The molecule has 0 atom stereocenters. The summed E-state index contributed by atoms with van der Waals surface area (Å²) in [6, 6.07) is 8.69. The molecule has 1 aliphatic rings. The van der Waals surface area contributed by atoms with E-state index in [9.17, 15) is 0 Å². The second kappa shape index (κ2) is 7.29. The third-order valence-corrected chi connectivity index (χ3v) is 3.68. The van der Waals surface area contributed by atoms with Crippen molar-refractivity contribution >= 4 is 29.9 Å². The Morgan fingerprint density at radius 3 is 2.35 bits per heavy atom. The Kier molecular flexibility index (Phi) is 6.30. The molecule has 0 heterocycles. The van der Waals surface area contributed by atoms with E-state index in [1.807, 2.05) is 0 Å². The topological polar surface area (TPSA) is 50.4 Å². The summed E-state index contributed by atoms with van der Waals surface area (Å²) in [6.07, 6.45) is 2.20. The average molecular weight is 387 g/mol. The summed E-state index contributed by atoms with van der Waals surface area (Å²) < 4.78 is 0. The normalized spacial score (nSPS) is 16.7. The summed E-state index contributed by atoms with van der Waals surface area (Å²) in [5.74, 6) is 1.16. The van der Waals surface area contributed by atoms with E-state index in [-0.39, 0.29) is 29.4 Å². The molecule has 112 valence electrons. The van der Waals surface area contributed by atoms with Crippen molar-refractivity contribution < 1.29 is 0 Å². The van der Waals surface area contributed by atoms with Crippen LogP contribution in [0.3, 0.4) is 0 Å². The largest absolute Gasteiger partial charge is 0.370 e. The zero-order chi connectivity index (χ0) is 13.9. The summed E-state index contributed by atoms with van der Waals surface area (Å²) in [5, 5.41) is 3.17. The molecule has 3 nitrogen and oxygen atoms in total. The highest BCUT2D eigenvalue weighted by Gasteiger charge is 2.32. The zero-order valence-electron chi connectivity index (χ0n) is 12.6. The number of benzene rings is 1. The molecule has 1 aromatic carbocycles. The van der Waals surface area contributed by atoms with E-state index < -0.39 is 0 Å². The van der Waals surface area contributed by atoms with E-state index in [4.69, 9.17) is 5.73 Å². The van der Waals surface area contributed by atoms with Crippen LogP contribution < -0.4 is 11.1 Å². The fourth-order valence-electron chi connectivity index (χ4n) is 2.64. The summed E-state index contributed by atoms with van der Waals surface area (Å²) in [4.78, 5) is 4.52. The lowest BCUT2D eigenvalue weighted by atomic mass is 9.87. The van der Waals surface area contributed by atoms with Crippen LogP contribution in [0, 0.1) is 11.3 Å². The number of rotatable bonds is 4. The Labute approximate surface area is 139 Å². The van der Waals surface area contributed by atoms with Crippen LogP contribution in [0.1, 0.15) is 31.9 Å². The minimum absolute atomic E-state index is 0. The standard InChI is InChI=1S/C16H25N3.HI/c1-12(2)10-18-15(17)19-11-16(3)8-13-6-4-5-7-14(13)9-16;/h4-7,12H,8-11H2,1-3H3,(H3,17,18,19);1H. The smallest absolute Gasteiger partial charge is 0.188 e. The van der Waals surface area contributed by atoms with Crippen LogP contribution in [0.4, 0.5) is 0 Å². The van der Waals surface area contributed by atoms with E-state index >= 15 is 0 Å². The summed E-state index contributed by atoms with van der Waals surface area (Å²) in [6.45, 7) is 8.29. The molecule has 4 heteroatoms. The Balaban J connectivity index is 0.00000200. The second-order valence-corrected chi connectivity index (χ2v) is 6.41. The fourth-order valence-corrected chi connectivity index (χ4v) is 2.64. The van der Waals surface area contributed by atoms with Crippen LogP contribution in [0.5, 0.6) is 0 Å². The molecule has 0 amide bonds. The maximum Gasteiger partial charge on any atom is 0.188 e. The van der Waals surface area contributed by atoms with Crippen LogP contribution >= 0.6 is 24.0 Å². The highest BCUT2D eigenvalue weighted by molar-refractivity contribution is 14.0. The molecule has 2 rings (SSSR count). The molecule has 1 aromatic rings. The van der Waals surface area contributed by atoms with Crippen molar-refractivity contribution in [1.82, 2.24) is 5.32 Å². The van der Waals surface area contributed by atoms with Gasteiger partial charge in [0.15, 0.2) is 5.96 Å². The lowest BCUT2D eigenvalue weighted by molar-refractivity contribution is 0.360. The molecule has 0 saturated carbocycles. The minimum atomic E-state index is 0. The lowest BCUT2D eigenvalue weighted by Crippen LogP contribution is -2.35. The Morgan fingerprint density at radius 2 is 1.85 bits per heavy atom. The maximum atomic E-state index is 5.90. The molecule has 0 saturated heterocycles. The minimum Gasteiger partial charge on any atom is -0.370 e. The molecule has 20 heavy (non-hydrogen) atoms. The lowest BCUT2D eigenvalue weighted by Gasteiger charge is -2.21. The van der Waals surface area contributed by atoms with Gasteiger partial charge in [-0.25, -0.2) is 0 Å². The first-order valence-corrected chi connectivity index (χ1v) is 7.09. The average Bonchev–Trinajstić information content (AvgIpc) is 2.70. The summed E-state index contributed by atoms with van der Waals surface area (Å²) in [7, 11) is 0. The van der Waals surface area contributed by atoms with Gasteiger partial charge in [0.25, 0.3) is 0 Å². The molecular formula is C16H26IN3. The molecule has 0 bridgehead atoms. The number of guanidine groups is 1. The number of aliphatic imine (C=N–C) groups is 1. The van der Waals surface area contributed by atoms with Gasteiger partial charge in [-0.2, -0.15) is 0 Å². The number of nitrogens with zero attached hydrogens (tertiary/aromatic N) is 1. The van der Waals surface area contributed by atoms with Crippen LogP contribution in [-0.2, 0) is 12.8 Å². The van der Waals surface area contributed by atoms with Gasteiger partial charge in [0.1, 0.15) is 0 Å². The van der Waals surface area contributed by atoms with Crippen LogP contribution in [0.15, 0.2) is 29.3 Å². The van der Waals surface area contributed by atoms with Gasteiger partial charge in [0, 0.05) is 13.1 Å². The number of nitrogens with two attached hydrogens (primary N) is 1. The molecule has 0 radical (unpaired) electrons. The van der Waals surface area contributed by atoms with Crippen molar-refractivity contribution in [3.63, 3.8) is 0 Å². The zero-order valence-corrected chi connectivity index (χ0v) is 15.0. The molecule has 1 aliphatic carbocycles. The predicted molar refractivity (Wildman–Crippen MR) is 96.7 cm³/mol. The summed E-state index contributed by atoms with van der Waals surface area (Å²) >= 11 is 0. The molecule has 3 N–H and O–H groups in total. The van der Waals surface area contributed by atoms with E-state index in [0.717, 1.165) is 25.9 Å². The molecular weight excluding hydrogens is 361 g/mol. The highest BCUT2D eigenvalue weighted by Crippen LogP contribution is 2.36. The highest BCUT2D eigenvalue weighted by atomic mass is 127. The maximum absolute atomic E-state index is 5.90. The van der Waals surface area contributed by atoms with E-state index in [1.54, 1.807) is 0 Å². The van der Waals surface area contributed by atoms with Crippen molar-refractivity contribution in [3.05, 3.63) is 35.4 Å². The van der Waals surface area contributed by atoms with Gasteiger partial charge >= 0.3 is 0 Å². The first-order valence-electron chi connectivity index (χ1n) is 7.09. The number of hydrogen-bond donors (Lipinski definition) is 2. The van der Waals surface area contributed by atoms with Gasteiger partial charge in [-0.3, -0.25) is 4.99 Å². The van der Waals surface area contributed by atoms with Crippen molar-refractivity contribution in [3.8, 4) is 0 Å². The van der Waals surface area contributed by atoms with Gasteiger partial charge < -0.3 is 11.1 Å². The molecule has 0 aliphatic heterocycles. The Bertz CT molecular complexity index is 444. The van der Waals surface area contributed by atoms with Crippen LogP contribution in [-0.4, -0.2) is 19.0 Å². The van der Waals surface area contributed by atoms with E-state index in [2.05, 4.69) is 55.3 Å². The Morgan fingerprint density at radius 1 is 1.30 bits per heavy atom. The first-order chi connectivity index (χ1) is 8.98. The predicted octanol–water partition coefficient (Wildman–Crippen LogP) is 2.97. The fraction of sp³-hybridized carbons (Fsp3) is 0.562. The van der Waals surface area contributed by atoms with Crippen molar-refractivity contribution in [2.45, 2.75) is 33.6 Å².